The second-order valence-electron chi connectivity index (χ2n) is 35.3. The standard InChI is InChI=1S/C36H34F3NO7S.C35H32F3NO4S.C33H38F3NO4S.Na/c1-22-9-10-23-7-5-6-8-29(23)33(22)48(44,45)40(20-28-15-16-32(47-28)36(37,38)39)19-26-13-11-25(18-31(26)46-4)24-12-14-27(21-41)30(17-24)35(2,3)34(42)43;1-23-12-15-27-8-5-6-11-31(27)33(23)44(41,42)39(22-30-18-19-32(43-30)35(36,37)38)21-25-13-16-26(17-14-25)28-9-7-10-29(20-28)34(3,4)24(2)40;1-21-16-22(2)31(23(3)17-21)42(39,40)37(20-29-14-15-30(41-29)33(34,35)36)19-25-10-12-26(13-11-25)27-8-7-9-28(18-27)32(5,6)24(4)38;/h5-18,41H,19-21H2,1-4H3,(H,42,43);5-20H,21-22H2,1-4H3;7-9,12,14-18,25H,10-11,13,19-20H2,1-6H3;/q;;;+1/p-1. The third kappa shape index (κ3) is 23.6. The number of methoxy groups -OCH3 is 1. The smallest absolute Gasteiger partial charge is 0.549 e. The van der Waals surface area contributed by atoms with E-state index in [0.717, 1.165) is 83.3 Å². The number of hydrogen-bond acceptors (Lipinski definition) is 15. The minimum Gasteiger partial charge on any atom is -0.549 e. The van der Waals surface area contributed by atoms with Crippen LogP contribution in [0.5, 0.6) is 5.75 Å². The minimum absolute atomic E-state index is 0. The number of aliphatic hydroxyl groups excluding tert-OH is 1. The van der Waals surface area contributed by atoms with Gasteiger partial charge in [0.2, 0.25) is 47.4 Å². The van der Waals surface area contributed by atoms with Gasteiger partial charge < -0.3 is 33.0 Å². The molecule has 0 fully saturated rings. The van der Waals surface area contributed by atoms with Crippen molar-refractivity contribution < 1.29 is 137 Å². The van der Waals surface area contributed by atoms with Crippen LogP contribution in [0, 0.1) is 40.5 Å². The molecule has 1 aliphatic rings. The number of alkyl halides is 9. The number of aryl methyl sites for hydroxylation is 5. The first-order valence-electron chi connectivity index (χ1n) is 42.9. The Balaban J connectivity index is 0.000000194. The third-order valence-electron chi connectivity index (χ3n) is 24.7. The van der Waals surface area contributed by atoms with Gasteiger partial charge in [-0.15, -0.1) is 0 Å². The Morgan fingerprint density at radius 3 is 1.28 bits per heavy atom. The summed E-state index contributed by atoms with van der Waals surface area (Å²) < 4.78 is 229. The van der Waals surface area contributed by atoms with Crippen molar-refractivity contribution in [2.24, 2.45) is 5.92 Å². The molecule has 0 saturated heterocycles. The third-order valence-corrected chi connectivity index (χ3v) is 30.8. The zero-order chi connectivity index (χ0) is 97.9. The number of sulfonamides is 3. The molecular weight excluding hydrogens is 1820 g/mol. The summed E-state index contributed by atoms with van der Waals surface area (Å²) in [7, 11) is -11.2. The van der Waals surface area contributed by atoms with Crippen molar-refractivity contribution in [2.75, 3.05) is 13.7 Å². The number of benzene rings is 10. The van der Waals surface area contributed by atoms with Crippen molar-refractivity contribution in [2.45, 2.75) is 198 Å². The number of carbonyl (C=O) groups excluding carboxylic acids is 3. The molecule has 3 heterocycles. The fraction of sp³-hybridized carbons (Fsp3) is 0.298. The molecule has 706 valence electrons. The molecule has 0 amide bonds. The van der Waals surface area contributed by atoms with Crippen molar-refractivity contribution in [3.05, 3.63) is 338 Å². The maximum atomic E-state index is 14.5. The number of rotatable bonds is 29. The van der Waals surface area contributed by atoms with Crippen LogP contribution in [0.25, 0.3) is 49.4 Å². The van der Waals surface area contributed by atoms with Crippen LogP contribution in [-0.2, 0) is 119 Å². The topological polar surface area (TPSA) is 255 Å². The molecule has 0 bridgehead atoms. The predicted octanol–water partition coefficient (Wildman–Crippen LogP) is 20.2. The number of aliphatic carboxylic acids is 1. The van der Waals surface area contributed by atoms with Gasteiger partial charge in [0.15, 0.2) is 0 Å². The Bertz CT molecular complexity index is 6950. The number of halogens is 9. The molecule has 10 aromatic carbocycles. The van der Waals surface area contributed by atoms with E-state index >= 15 is 0 Å². The van der Waals surface area contributed by atoms with Crippen LogP contribution in [0.2, 0.25) is 0 Å². The maximum Gasteiger partial charge on any atom is 1.00 e. The number of carboxylic acids is 1. The SMILES string of the molecule is CC(=O)C(C)(C)c1cccc(-c2ccc(CN(Cc3ccc(C(F)(F)F)o3)S(=O)(=O)c3c(C)ccc4ccccc34)cc2)c1.CC(=O)C(C)(C)c1cccc(C2=CCC(CN(Cc3ccc(C(F)(F)F)o3)S(=O)(=O)c3c(C)cc(C)cc3C)CC2)c1.COc1cc(-c2ccc(CO)c(C(C)(C)C(=O)[O-])c2)ccc1CN(Cc1ccc(C(F)(F)F)o1)S(=O)(=O)c1c(C)ccc2ccccc12.[Na+]. The number of carboxylic acid groups (broad SMARTS) is 1. The number of fused-ring (bicyclic) bond motifs is 2. The zero-order valence-electron chi connectivity index (χ0n) is 77.3. The monoisotopic (exact) mass is 1920 g/mol. The number of allylic oxidation sites excluding steroid dienone is 2. The van der Waals surface area contributed by atoms with E-state index in [1.807, 2.05) is 113 Å². The van der Waals surface area contributed by atoms with Crippen LogP contribution in [-0.4, -0.2) is 74.5 Å². The Hall–Kier alpha value is -11.0. The average molecular weight is 1930 g/mol. The molecule has 0 aliphatic heterocycles. The summed E-state index contributed by atoms with van der Waals surface area (Å²) in [6.45, 7) is 20.5. The molecule has 0 saturated carbocycles. The summed E-state index contributed by atoms with van der Waals surface area (Å²) in [5.41, 5.74) is 9.22. The van der Waals surface area contributed by atoms with E-state index in [9.17, 15) is 89.4 Å². The Morgan fingerprint density at radius 2 is 0.852 bits per heavy atom. The fourth-order valence-electron chi connectivity index (χ4n) is 16.5. The quantitative estimate of drug-likeness (QED) is 0.0338. The molecule has 18 nitrogen and oxygen atoms in total. The predicted molar refractivity (Wildman–Crippen MR) is 493 cm³/mol. The van der Waals surface area contributed by atoms with Crippen molar-refractivity contribution in [1.82, 2.24) is 12.9 Å². The molecule has 0 radical (unpaired) electrons. The number of furan rings is 3. The number of nitrogens with zero attached hydrogens (tertiary/aromatic N) is 3. The number of hydrogen-bond donors (Lipinski definition) is 1. The molecule has 1 aliphatic carbocycles. The fourth-order valence-corrected chi connectivity index (χ4v) is 22.0. The van der Waals surface area contributed by atoms with Crippen molar-refractivity contribution >= 4 is 74.7 Å². The Morgan fingerprint density at radius 1 is 0.437 bits per heavy atom. The van der Waals surface area contributed by atoms with E-state index in [-0.39, 0.29) is 118 Å². The van der Waals surface area contributed by atoms with Gasteiger partial charge in [-0.1, -0.05) is 207 Å². The van der Waals surface area contributed by atoms with Gasteiger partial charge in [-0.3, -0.25) is 9.59 Å². The first kappa shape index (κ1) is 104. The normalized spacial score (nSPS) is 13.7. The molecule has 1 N–H and O–H groups in total. The molecule has 135 heavy (non-hydrogen) atoms. The molecule has 31 heteroatoms. The summed E-state index contributed by atoms with van der Waals surface area (Å²) in [6.07, 6.45) is -9.97. The van der Waals surface area contributed by atoms with Gasteiger partial charge in [-0.25, -0.2) is 25.3 Å². The molecule has 1 unspecified atom stereocenters. The largest absolute Gasteiger partial charge is 1.00 e. The summed E-state index contributed by atoms with van der Waals surface area (Å²) in [6, 6.07) is 63.4. The van der Waals surface area contributed by atoms with Crippen molar-refractivity contribution in [1.29, 1.82) is 0 Å². The minimum atomic E-state index is -4.75. The van der Waals surface area contributed by atoms with E-state index in [1.54, 1.807) is 157 Å². The van der Waals surface area contributed by atoms with E-state index in [0.29, 0.717) is 91.1 Å². The van der Waals surface area contributed by atoms with E-state index in [4.69, 9.17) is 18.0 Å². The molecule has 1 atom stereocenters. The number of aliphatic hydroxyl groups is 1. The first-order chi connectivity index (χ1) is 62.7. The number of Topliss-reactive ketones (excluding diaryl/α,β-unsaturated/α-hetero) is 2. The summed E-state index contributed by atoms with van der Waals surface area (Å²) in [4.78, 5) is 36.6. The van der Waals surface area contributed by atoms with Gasteiger partial charge in [-0.2, -0.15) is 52.4 Å². The molecule has 14 rings (SSSR count). The van der Waals surface area contributed by atoms with Crippen LogP contribution in [0.4, 0.5) is 39.5 Å². The molecular formula is C104H103F9N3NaO15S3. The van der Waals surface area contributed by atoms with Crippen LogP contribution >= 0.6 is 0 Å². The van der Waals surface area contributed by atoms with Gasteiger partial charge in [-0.05, 0) is 244 Å². The molecule has 13 aromatic rings. The number of ether oxygens (including phenoxy) is 1. The van der Waals surface area contributed by atoms with Gasteiger partial charge >= 0.3 is 48.1 Å². The van der Waals surface area contributed by atoms with Gasteiger partial charge in [0, 0.05) is 52.2 Å². The summed E-state index contributed by atoms with van der Waals surface area (Å²) in [5, 5.41) is 24.2. The van der Waals surface area contributed by atoms with Gasteiger partial charge in [0.1, 0.15) is 34.6 Å². The Labute approximate surface area is 802 Å². The van der Waals surface area contributed by atoms with Gasteiger partial charge in [0.25, 0.3) is 0 Å². The Kier molecular flexibility index (Phi) is 32.1. The first-order valence-corrected chi connectivity index (χ1v) is 47.2. The van der Waals surface area contributed by atoms with Crippen LogP contribution in [0.15, 0.2) is 265 Å². The van der Waals surface area contributed by atoms with E-state index in [1.165, 1.54) is 31.3 Å². The number of ketones is 2. The second-order valence-corrected chi connectivity index (χ2v) is 40.9. The molecule has 3 aromatic heterocycles. The summed E-state index contributed by atoms with van der Waals surface area (Å²) in [5.74, 6) is -4.92. The molecule has 0 spiro atoms. The summed E-state index contributed by atoms with van der Waals surface area (Å²) >= 11 is 0. The van der Waals surface area contributed by atoms with E-state index in [2.05, 4.69) is 6.08 Å². The average Bonchev–Trinajstić information content (AvgIpc) is 1.47. The van der Waals surface area contributed by atoms with Crippen molar-refractivity contribution in [3.63, 3.8) is 0 Å². The van der Waals surface area contributed by atoms with Crippen LogP contribution in [0.3, 0.4) is 0 Å². The van der Waals surface area contributed by atoms with E-state index < -0.39 is 101 Å². The second kappa shape index (κ2) is 41.5. The van der Waals surface area contributed by atoms with Gasteiger partial charge in [0.05, 0.1) is 54.0 Å². The van der Waals surface area contributed by atoms with Crippen molar-refractivity contribution in [3.8, 4) is 28.0 Å². The zero-order valence-corrected chi connectivity index (χ0v) is 81.7. The maximum absolute atomic E-state index is 14.5. The van der Waals surface area contributed by atoms with Crippen LogP contribution in [0.1, 0.15) is 176 Å². The van der Waals surface area contributed by atoms with Crippen LogP contribution < -0.4 is 39.4 Å². The number of carbonyl (C=O) groups is 3.